The quantitative estimate of drug-likeness (QED) is 0.873. The van der Waals surface area contributed by atoms with Gasteiger partial charge in [0.1, 0.15) is 17.1 Å². The van der Waals surface area contributed by atoms with Crippen LogP contribution in [0.15, 0.2) is 29.2 Å². The van der Waals surface area contributed by atoms with Gasteiger partial charge in [0, 0.05) is 12.6 Å². The molecule has 0 bridgehead atoms. The molecule has 0 aliphatic rings. The van der Waals surface area contributed by atoms with E-state index in [1.165, 1.54) is 5.56 Å². The van der Waals surface area contributed by atoms with Gasteiger partial charge in [0.15, 0.2) is 0 Å². The van der Waals surface area contributed by atoms with E-state index in [4.69, 9.17) is 9.84 Å². The van der Waals surface area contributed by atoms with Crippen molar-refractivity contribution in [2.24, 2.45) is 0 Å². The van der Waals surface area contributed by atoms with Crippen LogP contribution in [-0.2, 0) is 6.42 Å². The summed E-state index contributed by atoms with van der Waals surface area (Å²) in [5.74, 6) is -0.141. The molecule has 110 valence electrons. The maximum Gasteiger partial charge on any atom is 0.342 e. The number of rotatable bonds is 5. The van der Waals surface area contributed by atoms with Gasteiger partial charge in [-0.1, -0.05) is 6.07 Å². The summed E-state index contributed by atoms with van der Waals surface area (Å²) in [6.45, 7) is 4.38. The summed E-state index contributed by atoms with van der Waals surface area (Å²) in [5, 5.41) is 8.74. The molecule has 0 aliphatic carbocycles. The SMILES string of the molecule is Cc1ccc(OCCc2ncc(C(=O)O)c(=O)[nH]2)cc1C. The molecule has 1 aromatic heterocycles. The molecule has 0 fully saturated rings. The van der Waals surface area contributed by atoms with Crippen LogP contribution in [0.4, 0.5) is 0 Å². The third-order valence-corrected chi connectivity index (χ3v) is 3.17. The third kappa shape index (κ3) is 3.68. The molecule has 2 rings (SSSR count). The Balaban J connectivity index is 1.97. The molecule has 2 aromatic rings. The second-order valence-electron chi connectivity index (χ2n) is 4.72. The third-order valence-electron chi connectivity index (χ3n) is 3.17. The average Bonchev–Trinajstić information content (AvgIpc) is 2.42. The van der Waals surface area contributed by atoms with Gasteiger partial charge in [0.25, 0.3) is 5.56 Å². The molecule has 0 radical (unpaired) electrons. The van der Waals surface area contributed by atoms with Gasteiger partial charge in [-0.15, -0.1) is 0 Å². The van der Waals surface area contributed by atoms with Crippen molar-refractivity contribution in [2.45, 2.75) is 20.3 Å². The molecule has 0 amide bonds. The minimum Gasteiger partial charge on any atom is -0.493 e. The highest BCUT2D eigenvalue weighted by molar-refractivity contribution is 5.86. The van der Waals surface area contributed by atoms with E-state index in [1.54, 1.807) is 0 Å². The number of H-pyrrole nitrogens is 1. The zero-order chi connectivity index (χ0) is 15.4. The molecule has 0 aliphatic heterocycles. The van der Waals surface area contributed by atoms with Crippen molar-refractivity contribution in [3.63, 3.8) is 0 Å². The van der Waals surface area contributed by atoms with Gasteiger partial charge in [-0.3, -0.25) is 4.79 Å². The Hall–Kier alpha value is -2.63. The Morgan fingerprint density at radius 3 is 2.71 bits per heavy atom. The predicted molar refractivity (Wildman–Crippen MR) is 76.9 cm³/mol. The van der Waals surface area contributed by atoms with Crippen LogP contribution in [0.5, 0.6) is 5.75 Å². The Bertz CT molecular complexity index is 722. The number of aromatic carboxylic acids is 1. The van der Waals surface area contributed by atoms with Crippen LogP contribution < -0.4 is 10.3 Å². The largest absolute Gasteiger partial charge is 0.493 e. The Labute approximate surface area is 121 Å². The molecule has 1 heterocycles. The summed E-state index contributed by atoms with van der Waals surface area (Å²) in [6, 6.07) is 5.80. The molecule has 0 saturated heterocycles. The summed E-state index contributed by atoms with van der Waals surface area (Å²) >= 11 is 0. The summed E-state index contributed by atoms with van der Waals surface area (Å²) in [6.07, 6.45) is 1.45. The van der Waals surface area contributed by atoms with Gasteiger partial charge in [-0.05, 0) is 37.1 Å². The zero-order valence-electron chi connectivity index (χ0n) is 11.8. The average molecular weight is 288 g/mol. The maximum absolute atomic E-state index is 11.5. The van der Waals surface area contributed by atoms with Crippen molar-refractivity contribution in [1.82, 2.24) is 9.97 Å². The topological polar surface area (TPSA) is 92.3 Å². The van der Waals surface area contributed by atoms with Gasteiger partial charge < -0.3 is 14.8 Å². The highest BCUT2D eigenvalue weighted by Gasteiger charge is 2.09. The van der Waals surface area contributed by atoms with Crippen LogP contribution in [0.25, 0.3) is 0 Å². The number of hydrogen-bond donors (Lipinski definition) is 2. The molecule has 21 heavy (non-hydrogen) atoms. The Kier molecular flexibility index (Phi) is 4.37. The van der Waals surface area contributed by atoms with E-state index in [-0.39, 0.29) is 5.56 Å². The summed E-state index contributed by atoms with van der Waals surface area (Å²) in [4.78, 5) is 28.5. The standard InChI is InChI=1S/C15H16N2O4/c1-9-3-4-11(7-10(9)2)21-6-5-13-16-8-12(15(19)20)14(18)17-13/h3-4,7-8H,5-6H2,1-2H3,(H,19,20)(H,16,17,18). The number of ether oxygens (including phenoxy) is 1. The smallest absolute Gasteiger partial charge is 0.342 e. The van der Waals surface area contributed by atoms with Crippen molar-refractivity contribution < 1.29 is 14.6 Å². The number of aromatic nitrogens is 2. The van der Waals surface area contributed by atoms with E-state index in [0.717, 1.165) is 17.5 Å². The molecule has 6 heteroatoms. The monoisotopic (exact) mass is 288 g/mol. The lowest BCUT2D eigenvalue weighted by Gasteiger charge is -2.08. The van der Waals surface area contributed by atoms with Crippen LogP contribution >= 0.6 is 0 Å². The van der Waals surface area contributed by atoms with Crippen LogP contribution in [0.3, 0.4) is 0 Å². The van der Waals surface area contributed by atoms with Crippen LogP contribution in [0, 0.1) is 13.8 Å². The first-order valence-electron chi connectivity index (χ1n) is 6.49. The first-order valence-corrected chi connectivity index (χ1v) is 6.49. The van der Waals surface area contributed by atoms with E-state index in [2.05, 4.69) is 9.97 Å². The van der Waals surface area contributed by atoms with E-state index in [9.17, 15) is 9.59 Å². The number of nitrogens with zero attached hydrogens (tertiary/aromatic N) is 1. The molecule has 6 nitrogen and oxygen atoms in total. The molecular weight excluding hydrogens is 272 g/mol. The lowest BCUT2D eigenvalue weighted by molar-refractivity contribution is 0.0694. The number of nitrogens with one attached hydrogen (secondary N) is 1. The molecule has 1 aromatic carbocycles. The van der Waals surface area contributed by atoms with Crippen LogP contribution in [0.2, 0.25) is 0 Å². The number of benzene rings is 1. The molecule has 0 atom stereocenters. The normalized spacial score (nSPS) is 10.4. The van der Waals surface area contributed by atoms with E-state index in [1.807, 2.05) is 32.0 Å². The van der Waals surface area contributed by atoms with E-state index >= 15 is 0 Å². The number of aryl methyl sites for hydroxylation is 2. The Morgan fingerprint density at radius 1 is 1.33 bits per heavy atom. The van der Waals surface area contributed by atoms with Gasteiger partial charge in [-0.2, -0.15) is 0 Å². The fraction of sp³-hybridized carbons (Fsp3) is 0.267. The first kappa shape index (κ1) is 14.8. The second kappa shape index (κ2) is 6.21. The summed E-state index contributed by atoms with van der Waals surface area (Å²) < 4.78 is 5.58. The molecule has 0 saturated carbocycles. The lowest BCUT2D eigenvalue weighted by Crippen LogP contribution is -2.21. The minimum atomic E-state index is -1.29. The van der Waals surface area contributed by atoms with Gasteiger partial charge >= 0.3 is 5.97 Å². The maximum atomic E-state index is 11.5. The highest BCUT2D eigenvalue weighted by atomic mass is 16.5. The number of carboxylic acids is 1. The summed E-state index contributed by atoms with van der Waals surface area (Å²) in [7, 11) is 0. The molecular formula is C15H16N2O4. The number of aromatic amines is 1. The lowest BCUT2D eigenvalue weighted by atomic mass is 10.1. The zero-order valence-corrected chi connectivity index (χ0v) is 11.8. The van der Waals surface area contributed by atoms with Gasteiger partial charge in [-0.25, -0.2) is 9.78 Å². The predicted octanol–water partition coefficient (Wildman–Crippen LogP) is 1.71. The van der Waals surface area contributed by atoms with Crippen molar-refractivity contribution in [3.05, 3.63) is 57.3 Å². The van der Waals surface area contributed by atoms with E-state index in [0.29, 0.717) is 18.9 Å². The second-order valence-corrected chi connectivity index (χ2v) is 4.72. The molecule has 0 unspecified atom stereocenters. The first-order chi connectivity index (χ1) is 9.97. The van der Waals surface area contributed by atoms with Crippen LogP contribution in [0.1, 0.15) is 27.3 Å². The Morgan fingerprint density at radius 2 is 2.10 bits per heavy atom. The van der Waals surface area contributed by atoms with Crippen molar-refractivity contribution in [2.75, 3.05) is 6.61 Å². The summed E-state index contributed by atoms with van der Waals surface area (Å²) in [5.41, 5.74) is 1.31. The number of carboxylic acid groups (broad SMARTS) is 1. The van der Waals surface area contributed by atoms with Crippen molar-refractivity contribution in [1.29, 1.82) is 0 Å². The fourth-order valence-corrected chi connectivity index (χ4v) is 1.78. The minimum absolute atomic E-state index is 0.345. The van der Waals surface area contributed by atoms with Crippen molar-refractivity contribution >= 4 is 5.97 Å². The van der Waals surface area contributed by atoms with Crippen LogP contribution in [-0.4, -0.2) is 27.7 Å². The van der Waals surface area contributed by atoms with Gasteiger partial charge in [0.05, 0.1) is 6.61 Å². The molecule has 0 spiro atoms. The number of carbonyl (C=O) groups is 1. The van der Waals surface area contributed by atoms with Gasteiger partial charge in [0.2, 0.25) is 0 Å². The fourth-order valence-electron chi connectivity index (χ4n) is 1.78. The number of hydrogen-bond acceptors (Lipinski definition) is 4. The molecule has 2 N–H and O–H groups in total. The van der Waals surface area contributed by atoms with E-state index < -0.39 is 11.5 Å². The highest BCUT2D eigenvalue weighted by Crippen LogP contribution is 2.16. The van der Waals surface area contributed by atoms with Crippen molar-refractivity contribution in [3.8, 4) is 5.75 Å².